The minimum Gasteiger partial charge on any atom is -0.459 e. The Bertz CT molecular complexity index is 195. The van der Waals surface area contributed by atoms with Crippen molar-refractivity contribution in [2.45, 2.75) is 0 Å². The van der Waals surface area contributed by atoms with Crippen molar-refractivity contribution in [3.63, 3.8) is 0 Å². The van der Waals surface area contributed by atoms with Crippen molar-refractivity contribution in [3.05, 3.63) is 24.2 Å². The Hall–Kier alpha value is -0.320. The third kappa shape index (κ3) is 1.32. The second-order valence-electron chi connectivity index (χ2n) is 1.68. The van der Waals surface area contributed by atoms with Crippen molar-refractivity contribution < 1.29 is 4.74 Å². The lowest BCUT2D eigenvalue weighted by molar-refractivity contribution is 0.349. The molecule has 1 aliphatic rings. The summed E-state index contributed by atoms with van der Waals surface area (Å²) < 4.78 is 5.86. The van der Waals surface area contributed by atoms with Gasteiger partial charge in [-0.15, -0.1) is 0 Å². The molecule has 0 bridgehead atoms. The molecule has 0 aromatic carbocycles. The van der Waals surface area contributed by atoms with E-state index >= 15 is 0 Å². The summed E-state index contributed by atoms with van der Waals surface area (Å²) in [4.78, 5) is 0. The number of rotatable bonds is 1. The maximum absolute atomic E-state index is 7.18. The van der Waals surface area contributed by atoms with Crippen LogP contribution in [0.2, 0.25) is 0 Å². The van der Waals surface area contributed by atoms with Crippen molar-refractivity contribution in [1.82, 2.24) is 0 Å². The van der Waals surface area contributed by atoms with Crippen molar-refractivity contribution in [2.75, 3.05) is 4.43 Å². The molecule has 0 aliphatic carbocycles. The second kappa shape index (κ2) is 2.51. The SMILES string of the molecule is C=C1OC(CI)=CC1=N. The zero-order valence-electron chi connectivity index (χ0n) is 4.78. The Balaban J connectivity index is 2.74. The standard InChI is InChI=1S/C6H6INO/c1-4-6(8)2-5(3-7)9-4/h2,8H,1,3H2. The van der Waals surface area contributed by atoms with Crippen molar-refractivity contribution in [2.24, 2.45) is 0 Å². The summed E-state index contributed by atoms with van der Waals surface area (Å²) in [6, 6.07) is 0. The molecule has 0 aromatic rings. The Labute approximate surface area is 67.2 Å². The molecule has 1 N–H and O–H groups in total. The second-order valence-corrected chi connectivity index (χ2v) is 2.45. The van der Waals surface area contributed by atoms with Gasteiger partial charge in [0.1, 0.15) is 11.5 Å². The van der Waals surface area contributed by atoms with Crippen LogP contribution in [0.25, 0.3) is 0 Å². The number of halogens is 1. The van der Waals surface area contributed by atoms with E-state index in [-0.39, 0.29) is 0 Å². The zero-order chi connectivity index (χ0) is 6.85. The van der Waals surface area contributed by atoms with E-state index in [9.17, 15) is 0 Å². The third-order valence-electron chi connectivity index (χ3n) is 0.992. The molecule has 9 heavy (non-hydrogen) atoms. The first kappa shape index (κ1) is 6.80. The van der Waals surface area contributed by atoms with Gasteiger partial charge in [0.2, 0.25) is 0 Å². The van der Waals surface area contributed by atoms with E-state index < -0.39 is 0 Å². The van der Waals surface area contributed by atoms with Gasteiger partial charge in [0.05, 0.1) is 10.1 Å². The number of ether oxygens (including phenoxy) is 1. The molecule has 48 valence electrons. The minimum atomic E-state index is 0.390. The molecular weight excluding hydrogens is 229 g/mol. The minimum absolute atomic E-state index is 0.390. The van der Waals surface area contributed by atoms with Gasteiger partial charge in [0.25, 0.3) is 0 Å². The highest BCUT2D eigenvalue weighted by Crippen LogP contribution is 2.16. The van der Waals surface area contributed by atoms with Crippen LogP contribution in [0.15, 0.2) is 24.2 Å². The van der Waals surface area contributed by atoms with Crippen LogP contribution in [0, 0.1) is 5.41 Å². The molecule has 0 saturated heterocycles. The predicted octanol–water partition coefficient (Wildman–Crippen LogP) is 1.87. The van der Waals surface area contributed by atoms with Gasteiger partial charge in [0.15, 0.2) is 0 Å². The summed E-state index contributed by atoms with van der Waals surface area (Å²) in [6.07, 6.45) is 1.69. The van der Waals surface area contributed by atoms with Crippen LogP contribution in [0.4, 0.5) is 0 Å². The molecule has 0 atom stereocenters. The predicted molar refractivity (Wildman–Crippen MR) is 44.9 cm³/mol. The van der Waals surface area contributed by atoms with E-state index in [0.717, 1.165) is 10.2 Å². The first-order chi connectivity index (χ1) is 4.24. The number of hydrogen-bond donors (Lipinski definition) is 1. The fourth-order valence-corrected chi connectivity index (χ4v) is 0.926. The van der Waals surface area contributed by atoms with Gasteiger partial charge in [-0.25, -0.2) is 0 Å². The largest absolute Gasteiger partial charge is 0.459 e. The average molecular weight is 235 g/mol. The summed E-state index contributed by atoms with van der Waals surface area (Å²) in [5.74, 6) is 1.28. The summed E-state index contributed by atoms with van der Waals surface area (Å²) in [5, 5.41) is 7.18. The highest BCUT2D eigenvalue weighted by molar-refractivity contribution is 14.1. The molecular formula is C6H6INO. The number of hydrogen-bond acceptors (Lipinski definition) is 2. The fourth-order valence-electron chi connectivity index (χ4n) is 0.550. The van der Waals surface area contributed by atoms with E-state index in [2.05, 4.69) is 29.2 Å². The van der Waals surface area contributed by atoms with Gasteiger partial charge >= 0.3 is 0 Å². The number of alkyl halides is 1. The zero-order valence-corrected chi connectivity index (χ0v) is 6.94. The lowest BCUT2D eigenvalue weighted by Gasteiger charge is -1.96. The van der Waals surface area contributed by atoms with Gasteiger partial charge in [-0.1, -0.05) is 29.2 Å². The highest BCUT2D eigenvalue weighted by atomic mass is 127. The van der Waals surface area contributed by atoms with Crippen LogP contribution >= 0.6 is 22.6 Å². The van der Waals surface area contributed by atoms with Crippen LogP contribution in [0.3, 0.4) is 0 Å². The van der Waals surface area contributed by atoms with E-state index in [1.807, 2.05) is 0 Å². The Kier molecular flexibility index (Phi) is 1.90. The first-order valence-corrected chi connectivity index (χ1v) is 3.99. The molecule has 0 spiro atoms. The maximum Gasteiger partial charge on any atom is 0.144 e. The van der Waals surface area contributed by atoms with Gasteiger partial charge in [-0.3, -0.25) is 5.41 Å². The molecule has 3 heteroatoms. The molecule has 0 saturated carbocycles. The summed E-state index contributed by atoms with van der Waals surface area (Å²) in [5.41, 5.74) is 0.390. The summed E-state index contributed by atoms with van der Waals surface area (Å²) >= 11 is 2.18. The van der Waals surface area contributed by atoms with E-state index in [0.29, 0.717) is 11.5 Å². The molecule has 0 aromatic heterocycles. The normalized spacial score (nSPS) is 17.7. The van der Waals surface area contributed by atoms with Gasteiger partial charge < -0.3 is 4.74 Å². The lowest BCUT2D eigenvalue weighted by atomic mass is 10.3. The smallest absolute Gasteiger partial charge is 0.144 e. The molecule has 1 heterocycles. The lowest BCUT2D eigenvalue weighted by Crippen LogP contribution is -1.88. The third-order valence-corrected chi connectivity index (χ3v) is 1.74. The fraction of sp³-hybridized carbons (Fsp3) is 0.167. The van der Waals surface area contributed by atoms with E-state index in [1.54, 1.807) is 6.08 Å². The van der Waals surface area contributed by atoms with Crippen molar-refractivity contribution in [3.8, 4) is 0 Å². The molecule has 0 fully saturated rings. The monoisotopic (exact) mass is 235 g/mol. The molecule has 2 nitrogen and oxygen atoms in total. The molecule has 1 aliphatic heterocycles. The summed E-state index contributed by atoms with van der Waals surface area (Å²) in [7, 11) is 0. The van der Waals surface area contributed by atoms with Crippen LogP contribution in [-0.4, -0.2) is 10.1 Å². The quantitative estimate of drug-likeness (QED) is 0.546. The van der Waals surface area contributed by atoms with E-state index in [1.165, 1.54) is 0 Å². The maximum atomic E-state index is 7.18. The Morgan fingerprint density at radius 2 is 2.44 bits per heavy atom. The van der Waals surface area contributed by atoms with Crippen LogP contribution in [0.1, 0.15) is 0 Å². The van der Waals surface area contributed by atoms with Crippen molar-refractivity contribution in [1.29, 1.82) is 5.41 Å². The van der Waals surface area contributed by atoms with Crippen LogP contribution in [-0.2, 0) is 4.74 Å². The van der Waals surface area contributed by atoms with Gasteiger partial charge in [0, 0.05) is 6.08 Å². The molecule has 1 rings (SSSR count). The topological polar surface area (TPSA) is 33.1 Å². The van der Waals surface area contributed by atoms with Crippen LogP contribution in [0.5, 0.6) is 0 Å². The highest BCUT2D eigenvalue weighted by Gasteiger charge is 2.12. The molecule has 0 amide bonds. The Morgan fingerprint density at radius 1 is 1.78 bits per heavy atom. The Morgan fingerprint density at radius 3 is 2.67 bits per heavy atom. The molecule has 0 radical (unpaired) electrons. The average Bonchev–Trinajstić information content (AvgIpc) is 2.13. The van der Waals surface area contributed by atoms with Gasteiger partial charge in [-0.05, 0) is 0 Å². The first-order valence-electron chi connectivity index (χ1n) is 2.46. The van der Waals surface area contributed by atoms with Crippen LogP contribution < -0.4 is 0 Å². The number of allylic oxidation sites excluding steroid dienone is 2. The number of nitrogens with one attached hydrogen (secondary N) is 1. The van der Waals surface area contributed by atoms with E-state index in [4.69, 9.17) is 10.1 Å². The summed E-state index contributed by atoms with van der Waals surface area (Å²) in [6.45, 7) is 3.53. The van der Waals surface area contributed by atoms with Crippen molar-refractivity contribution >= 4 is 28.3 Å². The van der Waals surface area contributed by atoms with Gasteiger partial charge in [-0.2, -0.15) is 0 Å². The molecule has 0 unspecified atom stereocenters.